The van der Waals surface area contributed by atoms with Crippen molar-refractivity contribution in [2.75, 3.05) is 45.8 Å². The maximum absolute atomic E-state index is 12.7. The molecule has 3 fully saturated rings. The van der Waals surface area contributed by atoms with Gasteiger partial charge in [0, 0.05) is 38.2 Å². The quantitative estimate of drug-likeness (QED) is 0.796. The fourth-order valence-corrected chi connectivity index (χ4v) is 4.99. The van der Waals surface area contributed by atoms with E-state index in [9.17, 15) is 14.7 Å². The van der Waals surface area contributed by atoms with Gasteiger partial charge in [0.1, 0.15) is 5.75 Å². The predicted octanol–water partition coefficient (Wildman–Crippen LogP) is 3.67. The summed E-state index contributed by atoms with van der Waals surface area (Å²) < 4.78 is 0. The molecule has 1 spiro atoms. The smallest absolute Gasteiger partial charge is 0.254 e. The van der Waals surface area contributed by atoms with E-state index in [1.165, 1.54) is 32.5 Å². The second kappa shape index (κ2) is 10.5. The zero-order valence-electron chi connectivity index (χ0n) is 19.5. The molecule has 0 unspecified atom stereocenters. The molecule has 0 radical (unpaired) electrons. The fourth-order valence-electron chi connectivity index (χ4n) is 4.99. The topological polar surface area (TPSA) is 64.1 Å². The van der Waals surface area contributed by atoms with Crippen LogP contribution in [0.1, 0.15) is 68.3 Å². The lowest BCUT2D eigenvalue weighted by Gasteiger charge is -2.39. The first-order valence-corrected chi connectivity index (χ1v) is 12.0. The van der Waals surface area contributed by atoms with E-state index >= 15 is 0 Å². The summed E-state index contributed by atoms with van der Waals surface area (Å²) in [7, 11) is 0. The number of aromatic hydroxyl groups is 1. The minimum absolute atomic E-state index is 0.00533. The molecule has 6 heteroatoms. The van der Waals surface area contributed by atoms with Crippen LogP contribution in [-0.2, 0) is 4.79 Å². The van der Waals surface area contributed by atoms with Crippen molar-refractivity contribution in [2.24, 2.45) is 5.41 Å². The zero-order chi connectivity index (χ0) is 22.4. The molecule has 0 bridgehead atoms. The number of carbonyl (C=O) groups excluding carboxylic acids is 2. The van der Waals surface area contributed by atoms with E-state index in [4.69, 9.17) is 0 Å². The van der Waals surface area contributed by atoms with Gasteiger partial charge in [-0.1, -0.05) is 19.9 Å². The van der Waals surface area contributed by atoms with Crippen LogP contribution in [0, 0.1) is 12.3 Å². The minimum Gasteiger partial charge on any atom is -0.508 e. The van der Waals surface area contributed by atoms with Crippen molar-refractivity contribution in [1.29, 1.82) is 0 Å². The van der Waals surface area contributed by atoms with Crippen LogP contribution in [-0.4, -0.2) is 77.4 Å². The monoisotopic (exact) mass is 429 g/mol. The van der Waals surface area contributed by atoms with E-state index in [1.807, 2.05) is 23.6 Å². The molecule has 31 heavy (non-hydrogen) atoms. The number of benzene rings is 1. The Balaban J connectivity index is 0.000000330. The summed E-state index contributed by atoms with van der Waals surface area (Å²) in [5.41, 5.74) is 1.48. The van der Waals surface area contributed by atoms with E-state index in [0.29, 0.717) is 12.0 Å². The third kappa shape index (κ3) is 5.79. The van der Waals surface area contributed by atoms with E-state index in [2.05, 4.69) is 11.8 Å². The van der Waals surface area contributed by atoms with Crippen molar-refractivity contribution in [3.05, 3.63) is 29.3 Å². The molecule has 3 aliphatic rings. The molecule has 1 N–H and O–H groups in total. The largest absolute Gasteiger partial charge is 0.508 e. The number of piperidine rings is 1. The average molecular weight is 430 g/mol. The molecule has 1 aromatic rings. The molecular formula is C25H39N3O3. The number of aryl methyl sites for hydroxylation is 1. The average Bonchev–Trinajstić information content (AvgIpc) is 3.46. The molecule has 4 rings (SSSR count). The Bertz CT molecular complexity index is 765. The second-order valence-corrected chi connectivity index (χ2v) is 9.35. The Kier molecular flexibility index (Phi) is 7.98. The number of nitrogens with zero attached hydrogens (tertiary/aromatic N) is 3. The number of carbonyl (C=O) groups is 2. The normalized spacial score (nSPS) is 20.6. The van der Waals surface area contributed by atoms with Crippen LogP contribution in [0.25, 0.3) is 0 Å². The van der Waals surface area contributed by atoms with Gasteiger partial charge in [0.25, 0.3) is 5.91 Å². The van der Waals surface area contributed by atoms with Crippen LogP contribution < -0.4 is 0 Å². The number of phenolic OH excluding ortho intramolecular Hbond substituents is 1. The number of likely N-dealkylation sites (tertiary alicyclic amines) is 3. The van der Waals surface area contributed by atoms with E-state index < -0.39 is 0 Å². The maximum atomic E-state index is 12.7. The first-order valence-electron chi connectivity index (χ1n) is 12.0. The summed E-state index contributed by atoms with van der Waals surface area (Å²) in [6, 6.07) is 5.12. The first-order chi connectivity index (χ1) is 14.9. The predicted molar refractivity (Wildman–Crippen MR) is 123 cm³/mol. The van der Waals surface area contributed by atoms with Gasteiger partial charge in [-0.25, -0.2) is 0 Å². The minimum atomic E-state index is -0.00533. The summed E-state index contributed by atoms with van der Waals surface area (Å²) in [6.45, 7) is 13.0. The van der Waals surface area contributed by atoms with Crippen molar-refractivity contribution in [2.45, 2.75) is 59.3 Å². The summed E-state index contributed by atoms with van der Waals surface area (Å²) in [5, 5.41) is 9.83. The van der Waals surface area contributed by atoms with Gasteiger partial charge in [0.05, 0.1) is 0 Å². The van der Waals surface area contributed by atoms with Crippen LogP contribution in [0.5, 0.6) is 5.75 Å². The molecule has 0 atom stereocenters. The summed E-state index contributed by atoms with van der Waals surface area (Å²) in [6.07, 6.45) is 6.37. The molecule has 172 valence electrons. The number of phenols is 1. The second-order valence-electron chi connectivity index (χ2n) is 9.35. The molecule has 6 nitrogen and oxygen atoms in total. The lowest BCUT2D eigenvalue weighted by atomic mass is 9.77. The zero-order valence-corrected chi connectivity index (χ0v) is 19.5. The van der Waals surface area contributed by atoms with Gasteiger partial charge in [-0.05, 0) is 81.8 Å². The highest BCUT2D eigenvalue weighted by Crippen LogP contribution is 2.41. The van der Waals surface area contributed by atoms with Gasteiger partial charge in [-0.3, -0.25) is 9.59 Å². The van der Waals surface area contributed by atoms with Gasteiger partial charge in [0.2, 0.25) is 5.91 Å². The van der Waals surface area contributed by atoms with Crippen LogP contribution in [0.15, 0.2) is 18.2 Å². The van der Waals surface area contributed by atoms with Gasteiger partial charge < -0.3 is 19.8 Å². The summed E-state index contributed by atoms with van der Waals surface area (Å²) in [4.78, 5) is 30.9. The molecule has 3 aliphatic heterocycles. The number of hydrogen-bond acceptors (Lipinski definition) is 4. The Morgan fingerprint density at radius 1 is 0.968 bits per heavy atom. The molecule has 1 aromatic carbocycles. The molecular weight excluding hydrogens is 390 g/mol. The van der Waals surface area contributed by atoms with Crippen molar-refractivity contribution in [3.63, 3.8) is 0 Å². The van der Waals surface area contributed by atoms with Gasteiger partial charge in [0.15, 0.2) is 0 Å². The van der Waals surface area contributed by atoms with E-state index in [-0.39, 0.29) is 23.0 Å². The van der Waals surface area contributed by atoms with Crippen molar-refractivity contribution in [3.8, 4) is 5.75 Å². The van der Waals surface area contributed by atoms with Crippen molar-refractivity contribution in [1.82, 2.24) is 14.7 Å². The molecule has 3 heterocycles. The van der Waals surface area contributed by atoms with Crippen molar-refractivity contribution < 1.29 is 14.7 Å². The van der Waals surface area contributed by atoms with E-state index in [1.54, 1.807) is 18.2 Å². The number of rotatable bonds is 3. The Morgan fingerprint density at radius 3 is 2.10 bits per heavy atom. The Morgan fingerprint density at radius 2 is 1.58 bits per heavy atom. The van der Waals surface area contributed by atoms with Crippen LogP contribution in [0.3, 0.4) is 0 Å². The summed E-state index contributed by atoms with van der Waals surface area (Å²) in [5.74, 6) is 0.390. The van der Waals surface area contributed by atoms with Crippen LogP contribution in [0.2, 0.25) is 0 Å². The third-order valence-electron chi connectivity index (χ3n) is 7.31. The van der Waals surface area contributed by atoms with Crippen LogP contribution in [0.4, 0.5) is 0 Å². The Labute approximate surface area is 187 Å². The van der Waals surface area contributed by atoms with Crippen LogP contribution >= 0.6 is 0 Å². The highest BCUT2D eigenvalue weighted by molar-refractivity contribution is 5.95. The SMILES string of the molecule is CCC(=O)N1CCC2(CC1)CCN(C(=O)c1ccc(C)c(O)c1)C2.CCN1CCCC1. The number of amides is 2. The van der Waals surface area contributed by atoms with E-state index in [0.717, 1.165) is 51.0 Å². The molecule has 0 saturated carbocycles. The number of hydrogen-bond donors (Lipinski definition) is 1. The third-order valence-corrected chi connectivity index (χ3v) is 7.31. The molecule has 2 amide bonds. The lowest BCUT2D eigenvalue weighted by Crippen LogP contribution is -2.44. The van der Waals surface area contributed by atoms with Gasteiger partial charge in [-0.15, -0.1) is 0 Å². The lowest BCUT2D eigenvalue weighted by molar-refractivity contribution is -0.133. The van der Waals surface area contributed by atoms with Gasteiger partial charge >= 0.3 is 0 Å². The van der Waals surface area contributed by atoms with Crippen molar-refractivity contribution >= 4 is 11.8 Å². The summed E-state index contributed by atoms with van der Waals surface area (Å²) >= 11 is 0. The highest BCUT2D eigenvalue weighted by Gasteiger charge is 2.42. The van der Waals surface area contributed by atoms with Gasteiger partial charge in [-0.2, -0.15) is 0 Å². The molecule has 0 aliphatic carbocycles. The standard InChI is InChI=1S/C19H26N2O3.C6H13N/c1-3-17(23)20-9-6-19(7-10-20)8-11-21(13-19)18(24)15-5-4-14(2)16(22)12-15;1-2-7-5-3-4-6-7/h4-5,12,22H,3,6-11,13H2,1-2H3;2-6H2,1H3. The highest BCUT2D eigenvalue weighted by atomic mass is 16.3. The Hall–Kier alpha value is -2.08. The fraction of sp³-hybridized carbons (Fsp3) is 0.680. The first kappa shape index (κ1) is 23.6. The molecule has 0 aromatic heterocycles. The molecule has 3 saturated heterocycles. The maximum Gasteiger partial charge on any atom is 0.254 e.